The number of rotatable bonds is 2. The van der Waals surface area contributed by atoms with Crippen LogP contribution < -0.4 is 5.73 Å². The van der Waals surface area contributed by atoms with E-state index in [1.54, 1.807) is 6.20 Å². The number of ether oxygens (including phenoxy) is 1. The lowest BCUT2D eigenvalue weighted by Crippen LogP contribution is -2.59. The van der Waals surface area contributed by atoms with E-state index in [0.29, 0.717) is 19.3 Å². The highest BCUT2D eigenvalue weighted by Crippen LogP contribution is 2.70. The topological polar surface area (TPSA) is 112 Å². The van der Waals surface area contributed by atoms with Crippen molar-refractivity contribution in [3.63, 3.8) is 0 Å². The van der Waals surface area contributed by atoms with Crippen LogP contribution >= 0.6 is 0 Å². The first-order chi connectivity index (χ1) is 18.7. The molecule has 2 saturated heterocycles. The maximum atomic E-state index is 12.5. The van der Waals surface area contributed by atoms with Crippen molar-refractivity contribution in [3.8, 4) is 0 Å². The lowest BCUT2D eigenvalue weighted by molar-refractivity contribution is -0.179. The van der Waals surface area contributed by atoms with Crippen LogP contribution in [-0.4, -0.2) is 73.8 Å². The van der Waals surface area contributed by atoms with Crippen LogP contribution in [-0.2, 0) is 10.3 Å². The highest BCUT2D eigenvalue weighted by Gasteiger charge is 2.73. The van der Waals surface area contributed by atoms with Crippen LogP contribution in [0.4, 0.5) is 0 Å². The Labute approximate surface area is 229 Å². The minimum atomic E-state index is -1.40. The largest absolute Gasteiger partial charge is 0.391 e. The summed E-state index contributed by atoms with van der Waals surface area (Å²) >= 11 is 0. The smallest absolute Gasteiger partial charge is 0.121 e. The molecular weight excluding hydrogens is 490 g/mol. The number of likely N-dealkylation sites (tertiary alicyclic amines) is 1. The molecule has 4 heterocycles. The third-order valence-electron chi connectivity index (χ3n) is 11.8. The average molecular weight is 530 g/mol. The Morgan fingerprint density at radius 3 is 2.85 bits per heavy atom. The molecule has 7 nitrogen and oxygen atoms in total. The maximum absolute atomic E-state index is 12.5. The third kappa shape index (κ3) is 3.06. The number of nitrogens with zero attached hydrogens (tertiary/aromatic N) is 2. The molecule has 7 heteroatoms. The SMILES string of the molecule is C[C@]12CC=C3C=C4C[C@@H](O)[C@@H](N5CC[C@@H](N)C5)C[C@]45CCC3(O5)[C@@H]1C[C@@H](O)[C@]2(O)c1ccc2ccncc2c1. The summed E-state index contributed by atoms with van der Waals surface area (Å²) in [7, 11) is 0. The average Bonchev–Trinajstić information content (AvgIpc) is 3.57. The first-order valence-corrected chi connectivity index (χ1v) is 14.7. The van der Waals surface area contributed by atoms with Gasteiger partial charge in [0.05, 0.1) is 23.4 Å². The van der Waals surface area contributed by atoms with Gasteiger partial charge >= 0.3 is 0 Å². The molecule has 2 aromatic rings. The molecule has 2 spiro atoms. The summed E-state index contributed by atoms with van der Waals surface area (Å²) in [5, 5.41) is 37.4. The van der Waals surface area contributed by atoms with E-state index in [-0.39, 0.29) is 18.0 Å². The number of aliphatic hydroxyl groups is 3. The quantitative estimate of drug-likeness (QED) is 0.473. The predicted octanol–water partition coefficient (Wildman–Crippen LogP) is 2.92. The monoisotopic (exact) mass is 529 g/mol. The van der Waals surface area contributed by atoms with Crippen LogP contribution in [0.2, 0.25) is 0 Å². The molecule has 3 aliphatic carbocycles. The number of nitrogens with two attached hydrogens (primary N) is 1. The van der Waals surface area contributed by atoms with Crippen molar-refractivity contribution in [1.29, 1.82) is 0 Å². The van der Waals surface area contributed by atoms with Crippen molar-refractivity contribution in [2.24, 2.45) is 17.1 Å². The van der Waals surface area contributed by atoms with Gasteiger partial charge in [0.15, 0.2) is 0 Å². The van der Waals surface area contributed by atoms with Crippen LogP contribution in [0, 0.1) is 11.3 Å². The summed E-state index contributed by atoms with van der Waals surface area (Å²) in [6.45, 7) is 3.90. The van der Waals surface area contributed by atoms with Gasteiger partial charge < -0.3 is 25.8 Å². The molecule has 1 unspecified atom stereocenters. The van der Waals surface area contributed by atoms with Crippen LogP contribution in [0.1, 0.15) is 57.4 Å². The van der Waals surface area contributed by atoms with Gasteiger partial charge in [0.1, 0.15) is 5.60 Å². The van der Waals surface area contributed by atoms with Crippen molar-refractivity contribution < 1.29 is 20.1 Å². The summed E-state index contributed by atoms with van der Waals surface area (Å²) in [6, 6.07) is 8.18. The number of hydrogen-bond donors (Lipinski definition) is 4. The fourth-order valence-electron chi connectivity index (χ4n) is 9.70. The van der Waals surface area contributed by atoms with Gasteiger partial charge in [-0.2, -0.15) is 0 Å². The lowest BCUT2D eigenvalue weighted by atomic mass is 9.56. The van der Waals surface area contributed by atoms with Crippen LogP contribution in [0.25, 0.3) is 10.8 Å². The summed E-state index contributed by atoms with van der Waals surface area (Å²) in [4.78, 5) is 6.65. The molecule has 2 bridgehead atoms. The number of aliphatic hydroxyl groups excluding tert-OH is 2. The normalized spacial score (nSPS) is 46.9. The van der Waals surface area contributed by atoms with Crippen molar-refractivity contribution in [2.75, 3.05) is 13.1 Å². The molecule has 3 aliphatic heterocycles. The first kappa shape index (κ1) is 24.6. The fourth-order valence-corrected chi connectivity index (χ4v) is 9.70. The zero-order chi connectivity index (χ0) is 26.8. The van der Waals surface area contributed by atoms with Gasteiger partial charge in [-0.3, -0.25) is 9.88 Å². The van der Waals surface area contributed by atoms with E-state index in [4.69, 9.17) is 10.5 Å². The van der Waals surface area contributed by atoms with E-state index >= 15 is 0 Å². The van der Waals surface area contributed by atoms with Crippen molar-refractivity contribution >= 4 is 10.8 Å². The van der Waals surface area contributed by atoms with E-state index in [2.05, 4.69) is 29.0 Å². The number of fused-ring (bicyclic) bond motifs is 2. The zero-order valence-corrected chi connectivity index (χ0v) is 22.6. The number of pyridine rings is 1. The molecule has 206 valence electrons. The molecule has 1 aromatic carbocycles. The molecule has 1 aromatic heterocycles. The van der Waals surface area contributed by atoms with Crippen LogP contribution in [0.3, 0.4) is 0 Å². The molecule has 6 aliphatic rings. The number of aromatic nitrogens is 1. The Bertz CT molecular complexity index is 1430. The standard InChI is InChI=1S/C32H39N3O4/c1-29-7-4-21-13-23-14-26(36)25(35-11-6-24(33)18-35)16-30(23)8-9-31(21,39-30)27(29)15-28(37)32(29,38)22-3-2-19-5-10-34-17-20(19)12-22/h2-5,10,12-13,17,24-28,36-38H,6-9,11,14-16,18,33H2,1H3/t24-,25+,26-,27-,28-,29+,30-,31?,32-/m1/s1. The van der Waals surface area contributed by atoms with Gasteiger partial charge in [-0.15, -0.1) is 0 Å². The molecule has 0 amide bonds. The van der Waals surface area contributed by atoms with E-state index in [1.807, 2.05) is 30.5 Å². The van der Waals surface area contributed by atoms with Crippen molar-refractivity contribution in [2.45, 2.75) is 93.0 Å². The zero-order valence-electron chi connectivity index (χ0n) is 22.6. The lowest BCUT2D eigenvalue weighted by Gasteiger charge is -2.56. The van der Waals surface area contributed by atoms with Gasteiger partial charge in [-0.05, 0) is 79.2 Å². The van der Waals surface area contributed by atoms with Gasteiger partial charge in [-0.25, -0.2) is 0 Å². The summed E-state index contributed by atoms with van der Waals surface area (Å²) in [5.41, 5.74) is 6.45. The number of benzene rings is 1. The van der Waals surface area contributed by atoms with Crippen molar-refractivity contribution in [3.05, 3.63) is 65.5 Å². The summed E-state index contributed by atoms with van der Waals surface area (Å²) < 4.78 is 7.33. The Morgan fingerprint density at radius 1 is 1.15 bits per heavy atom. The van der Waals surface area contributed by atoms with Gasteiger partial charge in [-0.1, -0.05) is 31.2 Å². The second-order valence-corrected chi connectivity index (χ2v) is 13.5. The van der Waals surface area contributed by atoms with E-state index in [9.17, 15) is 15.3 Å². The predicted molar refractivity (Wildman–Crippen MR) is 148 cm³/mol. The minimum Gasteiger partial charge on any atom is -0.391 e. The summed E-state index contributed by atoms with van der Waals surface area (Å²) in [5.74, 6) is -0.0303. The van der Waals surface area contributed by atoms with E-state index in [0.717, 1.165) is 55.1 Å². The molecule has 2 saturated carbocycles. The van der Waals surface area contributed by atoms with Crippen LogP contribution in [0.15, 0.2) is 60.0 Å². The highest BCUT2D eigenvalue weighted by molar-refractivity contribution is 5.82. The van der Waals surface area contributed by atoms with Gasteiger partial charge in [0.25, 0.3) is 0 Å². The second-order valence-electron chi connectivity index (χ2n) is 13.5. The summed E-state index contributed by atoms with van der Waals surface area (Å²) in [6.07, 6.45) is 12.1. The number of allylic oxidation sites excluding steroid dienone is 1. The van der Waals surface area contributed by atoms with E-state index in [1.165, 1.54) is 11.1 Å². The van der Waals surface area contributed by atoms with Crippen molar-refractivity contribution in [1.82, 2.24) is 9.88 Å². The third-order valence-corrected chi connectivity index (χ3v) is 11.8. The van der Waals surface area contributed by atoms with Gasteiger partial charge in [0.2, 0.25) is 0 Å². The Hall–Kier alpha value is -2.13. The molecule has 9 atom stereocenters. The maximum Gasteiger partial charge on any atom is 0.121 e. The van der Waals surface area contributed by atoms with Crippen LogP contribution in [0.5, 0.6) is 0 Å². The van der Waals surface area contributed by atoms with E-state index < -0.39 is 34.4 Å². The highest BCUT2D eigenvalue weighted by atomic mass is 16.5. The second kappa shape index (κ2) is 7.99. The Balaban J connectivity index is 1.19. The molecule has 8 rings (SSSR count). The molecule has 39 heavy (non-hydrogen) atoms. The molecule has 0 radical (unpaired) electrons. The Morgan fingerprint density at radius 2 is 2.03 bits per heavy atom. The molecule has 5 N–H and O–H groups in total. The molecular formula is C32H39N3O4. The fraction of sp³-hybridized carbons (Fsp3) is 0.594. The Kier molecular flexibility index (Phi) is 5.05. The first-order valence-electron chi connectivity index (χ1n) is 14.7. The minimum absolute atomic E-state index is 0.0303. The molecule has 4 fully saturated rings. The van der Waals surface area contributed by atoms with Gasteiger partial charge in [0, 0.05) is 54.3 Å². The number of hydrogen-bond acceptors (Lipinski definition) is 7.